The molecule has 2 nitrogen and oxygen atoms in total. The van der Waals surface area contributed by atoms with Gasteiger partial charge in [0, 0.05) is 39.3 Å². The van der Waals surface area contributed by atoms with E-state index in [1.165, 1.54) is 89.3 Å². The van der Waals surface area contributed by atoms with Gasteiger partial charge in [0.2, 0.25) is 0 Å². The molecule has 0 saturated heterocycles. The van der Waals surface area contributed by atoms with Gasteiger partial charge in [-0.1, -0.05) is 196 Å². The molecule has 1 unspecified atom stereocenters. The summed E-state index contributed by atoms with van der Waals surface area (Å²) in [5.74, 6) is 0. The molecule has 0 bridgehead atoms. The summed E-state index contributed by atoms with van der Waals surface area (Å²) in [4.78, 5) is 4.92. The van der Waals surface area contributed by atoms with Crippen molar-refractivity contribution in [3.8, 4) is 44.5 Å². The van der Waals surface area contributed by atoms with E-state index in [-0.39, 0.29) is 5.41 Å². The van der Waals surface area contributed by atoms with E-state index in [1.54, 1.807) is 0 Å². The Morgan fingerprint density at radius 3 is 1.64 bits per heavy atom. The number of rotatable bonds is 7. The van der Waals surface area contributed by atoms with Gasteiger partial charge in [-0.2, -0.15) is 0 Å². The van der Waals surface area contributed by atoms with Crippen molar-refractivity contribution in [3.05, 3.63) is 276 Å². The molecule has 1 heterocycles. The number of nitrogens with zero attached hydrogens (tertiary/aromatic N) is 2. The summed E-state index contributed by atoms with van der Waals surface area (Å²) in [6, 6.07) is 90.0. The Kier molecular flexibility index (Phi) is 8.51. The Morgan fingerprint density at radius 1 is 0.348 bits per heavy atom. The van der Waals surface area contributed by atoms with E-state index < -0.39 is 5.41 Å². The van der Waals surface area contributed by atoms with E-state index in [1.807, 2.05) is 0 Å². The Bertz CT molecular complexity index is 3480. The number of anilines is 6. The topological polar surface area (TPSA) is 6.48 Å². The molecule has 0 saturated carbocycles. The molecule has 66 heavy (non-hydrogen) atoms. The van der Waals surface area contributed by atoms with Crippen molar-refractivity contribution in [2.45, 2.75) is 24.7 Å². The van der Waals surface area contributed by atoms with Crippen LogP contribution in [-0.4, -0.2) is 0 Å². The van der Waals surface area contributed by atoms with Crippen molar-refractivity contribution in [2.24, 2.45) is 0 Å². The standard InChI is InChI=1S/C64H46N2/c1-63(2)56-28-16-15-27-52(56)53-38-36-50(42-58(53)63)65(47-23-11-5-12-24-47)49-34-31-43(32-35-49)45-33-37-54-55-40-39-51(44-19-7-3-8-20-44)62-61(55)64(59(54)41-45,46-21-9-4-10-22-46)57-29-17-18-30-60(57)66(62)48-25-13-6-14-26-48/h3-42H,1-2H3. The molecule has 1 atom stereocenters. The minimum atomic E-state index is -0.574. The molecule has 0 radical (unpaired) electrons. The average molecular weight is 843 g/mol. The lowest BCUT2D eigenvalue weighted by atomic mass is 9.64. The molecule has 0 aromatic heterocycles. The molecule has 13 rings (SSSR count). The molecule has 3 aliphatic rings. The van der Waals surface area contributed by atoms with E-state index in [9.17, 15) is 0 Å². The fourth-order valence-electron chi connectivity index (χ4n) is 11.7. The zero-order valence-electron chi connectivity index (χ0n) is 37.0. The van der Waals surface area contributed by atoms with Crippen LogP contribution in [0.1, 0.15) is 47.2 Å². The normalized spacial score (nSPS) is 15.6. The van der Waals surface area contributed by atoms with Crippen LogP contribution in [0.5, 0.6) is 0 Å². The zero-order chi connectivity index (χ0) is 44.0. The lowest BCUT2D eigenvalue weighted by molar-refractivity contribution is 0.660. The summed E-state index contributed by atoms with van der Waals surface area (Å²) < 4.78 is 0. The summed E-state index contributed by atoms with van der Waals surface area (Å²) in [7, 11) is 0. The number of hydrogen-bond acceptors (Lipinski definition) is 2. The van der Waals surface area contributed by atoms with Crippen LogP contribution in [0, 0.1) is 0 Å². The van der Waals surface area contributed by atoms with Crippen LogP contribution < -0.4 is 9.80 Å². The van der Waals surface area contributed by atoms with Crippen LogP contribution in [0.15, 0.2) is 243 Å². The molecule has 0 amide bonds. The predicted octanol–water partition coefficient (Wildman–Crippen LogP) is 16.9. The van der Waals surface area contributed by atoms with Gasteiger partial charge in [0.25, 0.3) is 0 Å². The number of benzene rings is 10. The highest BCUT2D eigenvalue weighted by Crippen LogP contribution is 2.66. The molecule has 312 valence electrons. The monoisotopic (exact) mass is 842 g/mol. The highest BCUT2D eigenvalue weighted by Gasteiger charge is 2.53. The van der Waals surface area contributed by atoms with E-state index in [0.29, 0.717) is 0 Å². The number of hydrogen-bond donors (Lipinski definition) is 0. The maximum Gasteiger partial charge on any atom is 0.0754 e. The first-order chi connectivity index (χ1) is 32.5. The molecule has 10 aromatic carbocycles. The first kappa shape index (κ1) is 38.3. The van der Waals surface area contributed by atoms with E-state index >= 15 is 0 Å². The van der Waals surface area contributed by atoms with Gasteiger partial charge in [-0.15, -0.1) is 0 Å². The number of fused-ring (bicyclic) bond motifs is 8. The Morgan fingerprint density at radius 2 is 0.879 bits per heavy atom. The van der Waals surface area contributed by atoms with Crippen LogP contribution in [0.25, 0.3) is 44.5 Å². The summed E-state index contributed by atoms with van der Waals surface area (Å²) in [6.07, 6.45) is 0. The van der Waals surface area contributed by atoms with Crippen molar-refractivity contribution in [3.63, 3.8) is 0 Å². The van der Waals surface area contributed by atoms with Gasteiger partial charge in [0.1, 0.15) is 0 Å². The van der Waals surface area contributed by atoms with Crippen LogP contribution in [0.2, 0.25) is 0 Å². The quantitative estimate of drug-likeness (QED) is 0.158. The minimum Gasteiger partial charge on any atom is -0.310 e. The first-order valence-electron chi connectivity index (χ1n) is 23.1. The second-order valence-corrected chi connectivity index (χ2v) is 18.4. The molecule has 2 aliphatic carbocycles. The molecule has 0 spiro atoms. The van der Waals surface area contributed by atoms with Crippen molar-refractivity contribution in [1.29, 1.82) is 0 Å². The third kappa shape index (κ3) is 5.48. The van der Waals surface area contributed by atoms with Gasteiger partial charge in [0.15, 0.2) is 0 Å². The fourth-order valence-corrected chi connectivity index (χ4v) is 11.7. The van der Waals surface area contributed by atoms with Gasteiger partial charge in [-0.3, -0.25) is 0 Å². The van der Waals surface area contributed by atoms with Gasteiger partial charge >= 0.3 is 0 Å². The zero-order valence-corrected chi connectivity index (χ0v) is 37.0. The molecule has 10 aromatic rings. The minimum absolute atomic E-state index is 0.0962. The second-order valence-electron chi connectivity index (χ2n) is 18.4. The first-order valence-corrected chi connectivity index (χ1v) is 23.1. The maximum absolute atomic E-state index is 2.52. The van der Waals surface area contributed by atoms with Crippen LogP contribution in [0.4, 0.5) is 34.1 Å². The largest absolute Gasteiger partial charge is 0.310 e. The van der Waals surface area contributed by atoms with Crippen LogP contribution in [0.3, 0.4) is 0 Å². The maximum atomic E-state index is 2.52. The molecule has 1 aliphatic heterocycles. The van der Waals surface area contributed by atoms with Crippen LogP contribution in [-0.2, 0) is 10.8 Å². The highest BCUT2D eigenvalue weighted by atomic mass is 15.2. The molecule has 2 heteroatoms. The van der Waals surface area contributed by atoms with Crippen LogP contribution >= 0.6 is 0 Å². The molecule has 0 N–H and O–H groups in total. The summed E-state index contributed by atoms with van der Waals surface area (Å²) in [5, 5.41) is 0. The van der Waals surface area contributed by atoms with Crippen molar-refractivity contribution in [1.82, 2.24) is 0 Å². The van der Waals surface area contributed by atoms with Gasteiger partial charge in [0.05, 0.1) is 16.8 Å². The SMILES string of the molecule is CC1(C)c2ccccc2-c2ccc(N(c3ccccc3)c3ccc(-c4ccc5c(c4)C4(c6ccccc6)c6ccccc6N(c6ccccc6)c6c(-c7ccccc7)ccc-5c64)cc3)cc21. The smallest absolute Gasteiger partial charge is 0.0754 e. The number of para-hydroxylation sites is 3. The summed E-state index contributed by atoms with van der Waals surface area (Å²) in [5.41, 5.74) is 24.2. The van der Waals surface area contributed by atoms with Crippen molar-refractivity contribution < 1.29 is 0 Å². The highest BCUT2D eigenvalue weighted by molar-refractivity contribution is 6.04. The van der Waals surface area contributed by atoms with E-state index in [0.717, 1.165) is 22.7 Å². The molecule has 0 fully saturated rings. The van der Waals surface area contributed by atoms with Gasteiger partial charge in [-0.05, 0) is 127 Å². The van der Waals surface area contributed by atoms with E-state index in [4.69, 9.17) is 0 Å². The van der Waals surface area contributed by atoms with Gasteiger partial charge < -0.3 is 9.80 Å². The van der Waals surface area contributed by atoms with Crippen molar-refractivity contribution in [2.75, 3.05) is 9.80 Å². The lowest BCUT2D eigenvalue weighted by Crippen LogP contribution is -2.36. The molecular weight excluding hydrogens is 797 g/mol. The Balaban J connectivity index is 0.987. The summed E-state index contributed by atoms with van der Waals surface area (Å²) >= 11 is 0. The van der Waals surface area contributed by atoms with Gasteiger partial charge in [-0.25, -0.2) is 0 Å². The van der Waals surface area contributed by atoms with Crippen molar-refractivity contribution >= 4 is 34.1 Å². The Labute approximate surface area is 387 Å². The second kappa shape index (κ2) is 14.7. The molecular formula is C64H46N2. The predicted molar refractivity (Wildman–Crippen MR) is 275 cm³/mol. The lowest BCUT2D eigenvalue weighted by Gasteiger charge is -2.45. The average Bonchev–Trinajstić information content (AvgIpc) is 3.81. The third-order valence-electron chi connectivity index (χ3n) is 14.6. The fraction of sp³-hybridized carbons (Fsp3) is 0.0625. The Hall–Kier alpha value is -8.20. The van der Waals surface area contributed by atoms with E-state index in [2.05, 4.69) is 266 Å². The third-order valence-corrected chi connectivity index (χ3v) is 14.6. The summed E-state index contributed by atoms with van der Waals surface area (Å²) in [6.45, 7) is 4.71.